The third kappa shape index (κ3) is 4.64. The van der Waals surface area contributed by atoms with E-state index in [4.69, 9.17) is 8.83 Å². The zero-order chi connectivity index (χ0) is 33.9. The van der Waals surface area contributed by atoms with Crippen molar-refractivity contribution in [2.24, 2.45) is 14.1 Å². The van der Waals surface area contributed by atoms with E-state index in [0.29, 0.717) is 0 Å². The molecule has 10 rings (SSSR count). The van der Waals surface area contributed by atoms with Crippen LogP contribution in [0.5, 0.6) is 0 Å². The van der Waals surface area contributed by atoms with Gasteiger partial charge in [0, 0.05) is 75.2 Å². The summed E-state index contributed by atoms with van der Waals surface area (Å²) in [4.78, 5) is 8.83. The largest absolute Gasteiger partial charge is 0.454 e. The average molecular weight is 651 g/mol. The van der Waals surface area contributed by atoms with Crippen molar-refractivity contribution in [1.82, 2.24) is 9.97 Å². The van der Waals surface area contributed by atoms with Gasteiger partial charge in [0.15, 0.2) is 18.0 Å². The number of benzene rings is 4. The molecular weight excluding hydrogens is 617 g/mol. The summed E-state index contributed by atoms with van der Waals surface area (Å²) in [5.41, 5.74) is 11.5. The Bertz CT molecular complexity index is 2740. The van der Waals surface area contributed by atoms with E-state index < -0.39 is 0 Å². The lowest BCUT2D eigenvalue weighted by Crippen LogP contribution is -2.30. The van der Waals surface area contributed by atoms with E-state index in [0.717, 1.165) is 88.1 Å². The number of nitrogens with zero attached hydrogens (tertiary/aromatic N) is 4. The fourth-order valence-electron chi connectivity index (χ4n) is 7.30. The van der Waals surface area contributed by atoms with Crippen molar-refractivity contribution in [3.63, 3.8) is 0 Å². The van der Waals surface area contributed by atoms with E-state index in [9.17, 15) is 0 Å². The van der Waals surface area contributed by atoms with Crippen LogP contribution in [0.4, 0.5) is 0 Å². The summed E-state index contributed by atoms with van der Waals surface area (Å²) in [6.07, 6.45) is 9.65. The molecule has 0 radical (unpaired) electrons. The van der Waals surface area contributed by atoms with E-state index in [1.165, 1.54) is 11.1 Å². The second-order valence-corrected chi connectivity index (χ2v) is 12.9. The molecule has 0 N–H and O–H groups in total. The number of hydrogen-bond donors (Lipinski definition) is 0. The molecule has 0 bridgehead atoms. The maximum absolute atomic E-state index is 6.43. The Balaban J connectivity index is 0.000000135. The zero-order valence-corrected chi connectivity index (χ0v) is 28.3. The lowest BCUT2D eigenvalue weighted by Gasteiger charge is -2.04. The molecule has 0 saturated carbocycles. The maximum atomic E-state index is 6.43. The van der Waals surface area contributed by atoms with Crippen molar-refractivity contribution in [3.8, 4) is 22.5 Å². The minimum Gasteiger partial charge on any atom is -0.454 e. The molecule has 6 heteroatoms. The standard InChI is InChI=1S/2C22H17N2O/c1-14-8-10-16-17-11-9-15-6-5-12-23-20(15)22(17)25-21(16)19(14)18-7-3-4-13-24(18)2;1-14-6-8-17-16-9-7-15-10-11-23-13-18(15)21(16)25-22(17)20(14)19-5-3-4-12-24(19)2/h2*3-13H,1-2H3/q2*+1. The molecule has 6 nitrogen and oxygen atoms in total. The molecule has 0 fully saturated rings. The van der Waals surface area contributed by atoms with E-state index in [1.807, 2.05) is 42.9 Å². The van der Waals surface area contributed by atoms with Gasteiger partial charge in [0.1, 0.15) is 36.4 Å². The van der Waals surface area contributed by atoms with Gasteiger partial charge in [-0.05, 0) is 66.8 Å². The lowest BCUT2D eigenvalue weighted by atomic mass is 10.00. The van der Waals surface area contributed by atoms with Gasteiger partial charge in [0.25, 0.3) is 0 Å². The van der Waals surface area contributed by atoms with Gasteiger partial charge in [-0.15, -0.1) is 0 Å². The smallest absolute Gasteiger partial charge is 0.216 e. The quantitative estimate of drug-likeness (QED) is 0.175. The monoisotopic (exact) mass is 650 g/mol. The topological polar surface area (TPSA) is 59.8 Å². The van der Waals surface area contributed by atoms with E-state index in [-0.39, 0.29) is 0 Å². The molecule has 0 aliphatic rings. The molecule has 0 aliphatic heterocycles. The first-order valence-corrected chi connectivity index (χ1v) is 16.8. The number of fused-ring (bicyclic) bond motifs is 10. The van der Waals surface area contributed by atoms with Crippen LogP contribution >= 0.6 is 0 Å². The summed E-state index contributed by atoms with van der Waals surface area (Å²) in [6.45, 7) is 4.26. The lowest BCUT2D eigenvalue weighted by molar-refractivity contribution is -0.660. The van der Waals surface area contributed by atoms with Crippen LogP contribution in [0.1, 0.15) is 11.1 Å². The van der Waals surface area contributed by atoms with Gasteiger partial charge in [-0.3, -0.25) is 9.97 Å². The minimum atomic E-state index is 0.860. The van der Waals surface area contributed by atoms with E-state index >= 15 is 0 Å². The highest BCUT2D eigenvalue weighted by molar-refractivity contribution is 6.18. The Morgan fingerprint density at radius 3 is 1.68 bits per heavy atom. The van der Waals surface area contributed by atoms with Gasteiger partial charge in [-0.1, -0.05) is 42.5 Å². The third-order valence-corrected chi connectivity index (χ3v) is 9.84. The van der Waals surface area contributed by atoms with Gasteiger partial charge in [0.2, 0.25) is 11.4 Å². The Hall–Kier alpha value is -6.40. The molecule has 10 aromatic rings. The molecule has 0 amide bonds. The summed E-state index contributed by atoms with van der Waals surface area (Å²) < 4.78 is 17.1. The van der Waals surface area contributed by atoms with Crippen LogP contribution in [0.3, 0.4) is 0 Å². The summed E-state index contributed by atoms with van der Waals surface area (Å²) in [6, 6.07) is 35.7. The summed E-state index contributed by atoms with van der Waals surface area (Å²) in [5.74, 6) is 0. The Labute approximate surface area is 288 Å². The van der Waals surface area contributed by atoms with Gasteiger partial charge in [0.05, 0.1) is 11.1 Å². The average Bonchev–Trinajstić information content (AvgIpc) is 3.72. The highest BCUT2D eigenvalue weighted by Crippen LogP contribution is 2.40. The number of aromatic nitrogens is 4. The minimum absolute atomic E-state index is 0.860. The first kappa shape index (κ1) is 29.7. The number of furan rings is 2. The van der Waals surface area contributed by atoms with Gasteiger partial charge < -0.3 is 8.83 Å². The molecular formula is C44H34N4O2+2. The Morgan fingerprint density at radius 2 is 1.04 bits per heavy atom. The predicted molar refractivity (Wildman–Crippen MR) is 201 cm³/mol. The fraction of sp³-hybridized carbons (Fsp3) is 0.0909. The van der Waals surface area contributed by atoms with Crippen LogP contribution in [0.15, 0.2) is 143 Å². The van der Waals surface area contributed by atoms with Crippen molar-refractivity contribution < 1.29 is 18.0 Å². The van der Waals surface area contributed by atoms with Crippen LogP contribution < -0.4 is 9.13 Å². The highest BCUT2D eigenvalue weighted by Gasteiger charge is 2.22. The maximum Gasteiger partial charge on any atom is 0.216 e. The highest BCUT2D eigenvalue weighted by atomic mass is 16.3. The molecule has 0 atom stereocenters. The normalized spacial score (nSPS) is 11.6. The van der Waals surface area contributed by atoms with Crippen molar-refractivity contribution in [2.75, 3.05) is 0 Å². The molecule has 50 heavy (non-hydrogen) atoms. The number of rotatable bonds is 2. The predicted octanol–water partition coefficient (Wildman–Crippen LogP) is 9.87. The van der Waals surface area contributed by atoms with Crippen LogP contribution in [0.25, 0.3) is 88.1 Å². The van der Waals surface area contributed by atoms with Crippen molar-refractivity contribution in [1.29, 1.82) is 0 Å². The van der Waals surface area contributed by atoms with Crippen molar-refractivity contribution >= 4 is 65.6 Å². The first-order valence-electron chi connectivity index (χ1n) is 16.8. The van der Waals surface area contributed by atoms with Crippen LogP contribution in [0.2, 0.25) is 0 Å². The number of pyridine rings is 4. The van der Waals surface area contributed by atoms with Crippen LogP contribution in [0, 0.1) is 13.8 Å². The Kier molecular flexibility index (Phi) is 6.92. The molecule has 0 aliphatic carbocycles. The molecule has 6 aromatic heterocycles. The summed E-state index contributed by atoms with van der Waals surface area (Å²) in [5, 5.41) is 7.81. The molecule has 4 aromatic carbocycles. The van der Waals surface area contributed by atoms with Gasteiger partial charge in [-0.2, -0.15) is 0 Å². The van der Waals surface area contributed by atoms with Crippen LogP contribution in [-0.4, -0.2) is 9.97 Å². The molecule has 240 valence electrons. The second kappa shape index (κ2) is 11.6. The fourth-order valence-corrected chi connectivity index (χ4v) is 7.30. The summed E-state index contributed by atoms with van der Waals surface area (Å²) in [7, 11) is 4.13. The summed E-state index contributed by atoms with van der Waals surface area (Å²) >= 11 is 0. The Morgan fingerprint density at radius 1 is 0.480 bits per heavy atom. The molecule has 0 unspecified atom stereocenters. The molecule has 0 saturated heterocycles. The second-order valence-electron chi connectivity index (χ2n) is 12.9. The van der Waals surface area contributed by atoms with E-state index in [1.54, 1.807) is 0 Å². The molecule has 6 heterocycles. The van der Waals surface area contributed by atoms with E-state index in [2.05, 4.69) is 138 Å². The number of hydrogen-bond acceptors (Lipinski definition) is 4. The first-order chi connectivity index (χ1) is 24.5. The zero-order valence-electron chi connectivity index (χ0n) is 28.3. The molecule has 0 spiro atoms. The van der Waals surface area contributed by atoms with Crippen LogP contribution in [-0.2, 0) is 14.1 Å². The van der Waals surface area contributed by atoms with Crippen molar-refractivity contribution in [2.45, 2.75) is 13.8 Å². The number of aryl methyl sites for hydroxylation is 4. The van der Waals surface area contributed by atoms with Gasteiger partial charge in [-0.25, -0.2) is 9.13 Å². The van der Waals surface area contributed by atoms with Gasteiger partial charge >= 0.3 is 0 Å². The SMILES string of the molecule is Cc1ccc2c(oc3c2ccc2cccnc23)c1-c1cccc[n+]1C.Cc1ccc2c(oc3c4cnccc4ccc23)c1-c1cccc[n+]1C. The van der Waals surface area contributed by atoms with Crippen molar-refractivity contribution in [3.05, 3.63) is 145 Å². The third-order valence-electron chi connectivity index (χ3n) is 9.84.